The Morgan fingerprint density at radius 3 is 2.38 bits per heavy atom. The predicted molar refractivity (Wildman–Crippen MR) is 79.1 cm³/mol. The average molecular weight is 286 g/mol. The minimum atomic E-state index is -0.248. The Bertz CT molecular complexity index is 667. The fourth-order valence-electron chi connectivity index (χ4n) is 2.22. The average Bonchev–Trinajstić information content (AvgIpc) is 2.78. The molecule has 4 heteroatoms. The van der Waals surface area contributed by atoms with Crippen molar-refractivity contribution in [1.82, 2.24) is 0 Å². The number of aryl methyl sites for hydroxylation is 2. The van der Waals surface area contributed by atoms with Gasteiger partial charge in [-0.05, 0) is 39.0 Å². The maximum absolute atomic E-state index is 12.3. The van der Waals surface area contributed by atoms with Crippen LogP contribution >= 0.6 is 0 Å². The van der Waals surface area contributed by atoms with Gasteiger partial charge in [0.2, 0.25) is 0 Å². The van der Waals surface area contributed by atoms with E-state index in [0.29, 0.717) is 35.0 Å². The molecule has 0 amide bonds. The van der Waals surface area contributed by atoms with Gasteiger partial charge in [-0.2, -0.15) is 0 Å². The highest BCUT2D eigenvalue weighted by molar-refractivity contribution is 6.14. The highest BCUT2D eigenvalue weighted by Crippen LogP contribution is 2.22. The van der Waals surface area contributed by atoms with E-state index in [9.17, 15) is 9.59 Å². The number of hydrogen-bond donors (Lipinski definition) is 0. The van der Waals surface area contributed by atoms with Crippen molar-refractivity contribution in [3.63, 3.8) is 0 Å². The SMILES string of the molecule is CCOc1ccccc1C(=O)CC(=O)c1cc(C)oc1C. The van der Waals surface area contributed by atoms with Gasteiger partial charge in [-0.3, -0.25) is 9.59 Å². The Morgan fingerprint density at radius 2 is 1.76 bits per heavy atom. The number of hydrogen-bond acceptors (Lipinski definition) is 4. The number of ketones is 2. The third kappa shape index (κ3) is 3.40. The van der Waals surface area contributed by atoms with Crippen LogP contribution < -0.4 is 4.74 Å². The van der Waals surface area contributed by atoms with Crippen molar-refractivity contribution in [3.8, 4) is 5.75 Å². The number of benzene rings is 1. The van der Waals surface area contributed by atoms with E-state index in [1.54, 1.807) is 44.2 Å². The molecule has 110 valence electrons. The third-order valence-electron chi connectivity index (χ3n) is 3.15. The summed E-state index contributed by atoms with van der Waals surface area (Å²) in [7, 11) is 0. The summed E-state index contributed by atoms with van der Waals surface area (Å²) in [5.41, 5.74) is 0.903. The first-order valence-corrected chi connectivity index (χ1v) is 6.88. The molecular weight excluding hydrogens is 268 g/mol. The number of para-hydroxylation sites is 1. The van der Waals surface area contributed by atoms with Gasteiger partial charge in [-0.1, -0.05) is 12.1 Å². The zero-order valence-corrected chi connectivity index (χ0v) is 12.4. The van der Waals surface area contributed by atoms with E-state index in [2.05, 4.69) is 0 Å². The predicted octanol–water partition coefficient (Wildman–Crippen LogP) is 3.75. The topological polar surface area (TPSA) is 56.5 Å². The molecule has 0 N–H and O–H groups in total. The van der Waals surface area contributed by atoms with E-state index in [0.717, 1.165) is 0 Å². The van der Waals surface area contributed by atoms with E-state index < -0.39 is 0 Å². The number of ether oxygens (including phenoxy) is 1. The van der Waals surface area contributed by atoms with Gasteiger partial charge in [0.05, 0.1) is 24.2 Å². The molecule has 0 bridgehead atoms. The number of Topliss-reactive ketones (excluding diaryl/α,β-unsaturated/α-hetero) is 2. The van der Waals surface area contributed by atoms with Crippen molar-refractivity contribution in [2.45, 2.75) is 27.2 Å². The molecule has 0 unspecified atom stereocenters. The normalized spacial score (nSPS) is 10.4. The molecule has 21 heavy (non-hydrogen) atoms. The van der Waals surface area contributed by atoms with E-state index in [-0.39, 0.29) is 18.0 Å². The summed E-state index contributed by atoms with van der Waals surface area (Å²) in [6, 6.07) is 8.63. The fourth-order valence-corrected chi connectivity index (χ4v) is 2.22. The Morgan fingerprint density at radius 1 is 1.10 bits per heavy atom. The quantitative estimate of drug-likeness (QED) is 0.599. The summed E-state index contributed by atoms with van der Waals surface area (Å²) < 4.78 is 10.8. The molecule has 2 rings (SSSR count). The maximum atomic E-state index is 12.3. The number of furan rings is 1. The van der Waals surface area contributed by atoms with Gasteiger partial charge in [0.15, 0.2) is 11.6 Å². The second-order valence-corrected chi connectivity index (χ2v) is 4.78. The molecule has 1 aromatic carbocycles. The molecule has 0 saturated carbocycles. The first kappa shape index (κ1) is 15.0. The molecule has 0 fully saturated rings. The Kier molecular flexibility index (Phi) is 4.58. The van der Waals surface area contributed by atoms with Crippen LogP contribution in [-0.2, 0) is 0 Å². The van der Waals surface area contributed by atoms with Crippen LogP contribution in [0.3, 0.4) is 0 Å². The molecule has 0 spiro atoms. The number of carbonyl (C=O) groups excluding carboxylic acids is 2. The highest BCUT2D eigenvalue weighted by Gasteiger charge is 2.20. The highest BCUT2D eigenvalue weighted by atomic mass is 16.5. The lowest BCUT2D eigenvalue weighted by molar-refractivity contribution is 0.0892. The van der Waals surface area contributed by atoms with Crippen LogP contribution in [0, 0.1) is 13.8 Å². The zero-order chi connectivity index (χ0) is 15.4. The zero-order valence-electron chi connectivity index (χ0n) is 12.4. The van der Waals surface area contributed by atoms with Crippen molar-refractivity contribution < 1.29 is 18.7 Å². The lowest BCUT2D eigenvalue weighted by Gasteiger charge is -2.08. The summed E-state index contributed by atoms with van der Waals surface area (Å²) in [5, 5.41) is 0. The number of carbonyl (C=O) groups is 2. The van der Waals surface area contributed by atoms with Crippen LogP contribution in [-0.4, -0.2) is 18.2 Å². The van der Waals surface area contributed by atoms with E-state index in [1.807, 2.05) is 6.92 Å². The second-order valence-electron chi connectivity index (χ2n) is 4.78. The van der Waals surface area contributed by atoms with Gasteiger partial charge in [-0.25, -0.2) is 0 Å². The number of rotatable bonds is 6. The van der Waals surface area contributed by atoms with Crippen LogP contribution in [0.5, 0.6) is 5.75 Å². The fraction of sp³-hybridized carbons (Fsp3) is 0.294. The van der Waals surface area contributed by atoms with E-state index in [1.165, 1.54) is 0 Å². The summed E-state index contributed by atoms with van der Waals surface area (Å²) in [6.07, 6.45) is -0.191. The van der Waals surface area contributed by atoms with Crippen molar-refractivity contribution >= 4 is 11.6 Å². The van der Waals surface area contributed by atoms with E-state index >= 15 is 0 Å². The molecule has 1 heterocycles. The van der Waals surface area contributed by atoms with Gasteiger partial charge in [0.25, 0.3) is 0 Å². The molecular formula is C17H18O4. The molecule has 2 aromatic rings. The van der Waals surface area contributed by atoms with Crippen molar-refractivity contribution in [2.75, 3.05) is 6.61 Å². The van der Waals surface area contributed by atoms with E-state index in [4.69, 9.17) is 9.15 Å². The Labute approximate surface area is 123 Å². The smallest absolute Gasteiger partial charge is 0.174 e. The molecule has 0 aliphatic carbocycles. The molecule has 0 radical (unpaired) electrons. The largest absolute Gasteiger partial charge is 0.493 e. The van der Waals surface area contributed by atoms with Crippen LogP contribution in [0.1, 0.15) is 45.6 Å². The molecule has 1 aromatic heterocycles. The van der Waals surface area contributed by atoms with Crippen LogP contribution in [0.15, 0.2) is 34.7 Å². The molecule has 0 atom stereocenters. The van der Waals surface area contributed by atoms with Crippen molar-refractivity contribution in [3.05, 3.63) is 53.0 Å². The lowest BCUT2D eigenvalue weighted by Crippen LogP contribution is -2.10. The summed E-state index contributed by atoms with van der Waals surface area (Å²) >= 11 is 0. The molecule has 4 nitrogen and oxygen atoms in total. The molecule has 0 saturated heterocycles. The standard InChI is InChI=1S/C17H18O4/c1-4-20-17-8-6-5-7-13(17)15(18)10-16(19)14-9-11(2)21-12(14)3/h5-9H,4,10H2,1-3H3. The maximum Gasteiger partial charge on any atom is 0.174 e. The third-order valence-corrected chi connectivity index (χ3v) is 3.15. The Hall–Kier alpha value is -2.36. The minimum Gasteiger partial charge on any atom is -0.493 e. The molecule has 0 aliphatic heterocycles. The van der Waals surface area contributed by atoms with Gasteiger partial charge in [0.1, 0.15) is 17.3 Å². The lowest BCUT2D eigenvalue weighted by atomic mass is 10.0. The minimum absolute atomic E-state index is 0.191. The Balaban J connectivity index is 2.18. The van der Waals surface area contributed by atoms with Gasteiger partial charge >= 0.3 is 0 Å². The van der Waals surface area contributed by atoms with Crippen LogP contribution in [0.25, 0.3) is 0 Å². The molecule has 0 aliphatic rings. The van der Waals surface area contributed by atoms with Crippen LogP contribution in [0.4, 0.5) is 0 Å². The van der Waals surface area contributed by atoms with Crippen LogP contribution in [0.2, 0.25) is 0 Å². The van der Waals surface area contributed by atoms with Gasteiger partial charge in [0, 0.05) is 0 Å². The monoisotopic (exact) mass is 286 g/mol. The van der Waals surface area contributed by atoms with Gasteiger partial charge < -0.3 is 9.15 Å². The second kappa shape index (κ2) is 6.39. The first-order valence-electron chi connectivity index (χ1n) is 6.88. The first-order chi connectivity index (χ1) is 10.0. The summed E-state index contributed by atoms with van der Waals surface area (Å²) in [5.74, 6) is 1.24. The summed E-state index contributed by atoms with van der Waals surface area (Å²) in [6.45, 7) is 5.82. The van der Waals surface area contributed by atoms with Crippen molar-refractivity contribution in [2.24, 2.45) is 0 Å². The van der Waals surface area contributed by atoms with Gasteiger partial charge in [-0.15, -0.1) is 0 Å². The summed E-state index contributed by atoms with van der Waals surface area (Å²) in [4.78, 5) is 24.5. The van der Waals surface area contributed by atoms with Crippen molar-refractivity contribution in [1.29, 1.82) is 0 Å².